The molecule has 0 amide bonds. The second-order valence-electron chi connectivity index (χ2n) is 5.94. The van der Waals surface area contributed by atoms with Crippen molar-refractivity contribution in [3.05, 3.63) is 22.4 Å². The molecule has 4 heteroatoms. The lowest BCUT2D eigenvalue weighted by Crippen LogP contribution is -2.39. The first-order valence-corrected chi connectivity index (χ1v) is 8.06. The Morgan fingerprint density at radius 1 is 1.32 bits per heavy atom. The molecule has 0 atom stereocenters. The molecule has 1 fully saturated rings. The minimum atomic E-state index is 0.0740. The molecule has 3 nitrogen and oxygen atoms in total. The predicted octanol–water partition coefficient (Wildman–Crippen LogP) is 3.22. The van der Waals surface area contributed by atoms with Gasteiger partial charge in [0.1, 0.15) is 0 Å². The van der Waals surface area contributed by atoms with Gasteiger partial charge in [-0.25, -0.2) is 0 Å². The quantitative estimate of drug-likeness (QED) is 0.682. The predicted molar refractivity (Wildman–Crippen MR) is 83.9 cm³/mol. The van der Waals surface area contributed by atoms with Gasteiger partial charge in [-0.1, -0.05) is 32.8 Å². The fourth-order valence-corrected chi connectivity index (χ4v) is 3.26. The van der Waals surface area contributed by atoms with Crippen LogP contribution in [-0.4, -0.2) is 30.5 Å². The normalized spacial score (nSPS) is 18.4. The van der Waals surface area contributed by atoms with Crippen LogP contribution in [0.4, 0.5) is 0 Å². The minimum Gasteiger partial charge on any atom is -0.370 e. The molecule has 0 radical (unpaired) electrons. The van der Waals surface area contributed by atoms with E-state index in [0.29, 0.717) is 0 Å². The molecule has 0 aromatic carbocycles. The summed E-state index contributed by atoms with van der Waals surface area (Å²) >= 11 is 1.80. The number of hydrogen-bond donors (Lipinski definition) is 1. The topological polar surface area (TPSA) is 41.6 Å². The summed E-state index contributed by atoms with van der Waals surface area (Å²) in [5.74, 6) is 0.728. The zero-order valence-corrected chi connectivity index (χ0v) is 12.9. The first-order chi connectivity index (χ1) is 9.09. The molecule has 0 saturated carbocycles. The number of aliphatic imine (C=N–C) groups is 1. The van der Waals surface area contributed by atoms with Crippen LogP contribution in [0.25, 0.3) is 0 Å². The van der Waals surface area contributed by atoms with Gasteiger partial charge in [0.2, 0.25) is 0 Å². The van der Waals surface area contributed by atoms with Crippen LogP contribution < -0.4 is 5.73 Å². The number of hydrogen-bond acceptors (Lipinski definition) is 2. The van der Waals surface area contributed by atoms with E-state index >= 15 is 0 Å². The number of likely N-dealkylation sites (tertiary alicyclic amines) is 1. The van der Waals surface area contributed by atoms with Crippen molar-refractivity contribution in [2.45, 2.75) is 44.9 Å². The average Bonchev–Trinajstić information content (AvgIpc) is 2.80. The Labute approximate surface area is 120 Å². The largest absolute Gasteiger partial charge is 0.370 e. The van der Waals surface area contributed by atoms with Gasteiger partial charge in [-0.2, -0.15) is 0 Å². The molecule has 0 spiro atoms. The lowest BCUT2D eigenvalue weighted by Gasteiger charge is -2.24. The monoisotopic (exact) mass is 279 g/mol. The highest BCUT2D eigenvalue weighted by Gasteiger charge is 2.22. The van der Waals surface area contributed by atoms with Crippen molar-refractivity contribution in [2.75, 3.05) is 19.6 Å². The number of rotatable bonds is 3. The van der Waals surface area contributed by atoms with E-state index in [1.165, 1.54) is 30.6 Å². The molecule has 2 N–H and O–H groups in total. The smallest absolute Gasteiger partial charge is 0.191 e. The summed E-state index contributed by atoms with van der Waals surface area (Å²) in [5.41, 5.74) is 6.23. The lowest BCUT2D eigenvalue weighted by molar-refractivity contribution is 0.425. The maximum absolute atomic E-state index is 6.16. The third-order valence-electron chi connectivity index (χ3n) is 3.75. The van der Waals surface area contributed by atoms with Gasteiger partial charge in [-0.05, 0) is 24.3 Å². The van der Waals surface area contributed by atoms with Crippen molar-refractivity contribution < 1.29 is 0 Å². The summed E-state index contributed by atoms with van der Waals surface area (Å²) in [6.45, 7) is 7.36. The third kappa shape index (κ3) is 3.96. The summed E-state index contributed by atoms with van der Waals surface area (Å²) in [7, 11) is 0. The standard InChI is InChI=1S/C15H25N3S/c1-15(2,13-8-7-11-19-13)12-17-14(16)18-9-5-3-4-6-10-18/h7-8,11H,3-6,9-10,12H2,1-2H3,(H2,16,17). The van der Waals surface area contributed by atoms with Crippen LogP contribution in [0.15, 0.2) is 22.5 Å². The van der Waals surface area contributed by atoms with E-state index in [0.717, 1.165) is 25.6 Å². The third-order valence-corrected chi connectivity index (χ3v) is 4.99. The minimum absolute atomic E-state index is 0.0740. The first kappa shape index (κ1) is 14.4. The zero-order chi connectivity index (χ0) is 13.7. The van der Waals surface area contributed by atoms with Crippen LogP contribution in [0.5, 0.6) is 0 Å². The Balaban J connectivity index is 1.97. The van der Waals surface area contributed by atoms with Crippen LogP contribution in [0.3, 0.4) is 0 Å². The Morgan fingerprint density at radius 2 is 2.00 bits per heavy atom. The van der Waals surface area contributed by atoms with Crippen LogP contribution in [0.2, 0.25) is 0 Å². The Kier molecular flexibility index (Phi) is 4.86. The zero-order valence-electron chi connectivity index (χ0n) is 12.1. The van der Waals surface area contributed by atoms with Crippen molar-refractivity contribution in [3.63, 3.8) is 0 Å². The van der Waals surface area contributed by atoms with Gasteiger partial charge < -0.3 is 10.6 Å². The molecule has 19 heavy (non-hydrogen) atoms. The van der Waals surface area contributed by atoms with Crippen molar-refractivity contribution in [1.82, 2.24) is 4.90 Å². The maximum atomic E-state index is 6.16. The van der Waals surface area contributed by atoms with E-state index in [1.54, 1.807) is 11.3 Å². The van der Waals surface area contributed by atoms with Crippen molar-refractivity contribution >= 4 is 17.3 Å². The van der Waals surface area contributed by atoms with Gasteiger partial charge >= 0.3 is 0 Å². The second-order valence-corrected chi connectivity index (χ2v) is 6.88. The molecule has 2 heterocycles. The van der Waals surface area contributed by atoms with Crippen LogP contribution in [-0.2, 0) is 5.41 Å². The number of thiophene rings is 1. The fourth-order valence-electron chi connectivity index (χ4n) is 2.42. The Hall–Kier alpha value is -1.03. The molecule has 1 aromatic heterocycles. The molecule has 2 rings (SSSR count). The van der Waals surface area contributed by atoms with Crippen LogP contribution in [0, 0.1) is 0 Å². The van der Waals surface area contributed by atoms with E-state index < -0.39 is 0 Å². The highest BCUT2D eigenvalue weighted by Crippen LogP contribution is 2.27. The number of nitrogens with two attached hydrogens (primary N) is 1. The molecule has 0 aliphatic carbocycles. The van der Waals surface area contributed by atoms with Gasteiger partial charge in [0, 0.05) is 23.4 Å². The van der Waals surface area contributed by atoms with E-state index in [2.05, 4.69) is 41.3 Å². The van der Waals surface area contributed by atoms with E-state index in [9.17, 15) is 0 Å². The highest BCUT2D eigenvalue weighted by molar-refractivity contribution is 7.10. The van der Waals surface area contributed by atoms with E-state index in [-0.39, 0.29) is 5.41 Å². The lowest BCUT2D eigenvalue weighted by atomic mass is 9.92. The molecule has 1 aliphatic heterocycles. The average molecular weight is 279 g/mol. The molecule has 1 aromatic rings. The van der Waals surface area contributed by atoms with Crippen LogP contribution in [0.1, 0.15) is 44.4 Å². The van der Waals surface area contributed by atoms with Gasteiger partial charge in [0.25, 0.3) is 0 Å². The first-order valence-electron chi connectivity index (χ1n) is 7.18. The second kappa shape index (κ2) is 6.42. The summed E-state index contributed by atoms with van der Waals surface area (Å²) < 4.78 is 0. The molecular weight excluding hydrogens is 254 g/mol. The van der Waals surface area contributed by atoms with Gasteiger partial charge in [-0.15, -0.1) is 11.3 Å². The van der Waals surface area contributed by atoms with Gasteiger partial charge in [-0.3, -0.25) is 4.99 Å². The summed E-state index contributed by atoms with van der Waals surface area (Å²) in [4.78, 5) is 8.27. The molecular formula is C15H25N3S. The Morgan fingerprint density at radius 3 is 2.58 bits per heavy atom. The Bertz CT molecular complexity index is 401. The van der Waals surface area contributed by atoms with Gasteiger partial charge in [0.05, 0.1) is 6.54 Å². The summed E-state index contributed by atoms with van der Waals surface area (Å²) in [6.07, 6.45) is 5.13. The van der Waals surface area contributed by atoms with Crippen molar-refractivity contribution in [1.29, 1.82) is 0 Å². The van der Waals surface area contributed by atoms with Gasteiger partial charge in [0.15, 0.2) is 5.96 Å². The van der Waals surface area contributed by atoms with Crippen LogP contribution >= 0.6 is 11.3 Å². The van der Waals surface area contributed by atoms with Crippen molar-refractivity contribution in [3.8, 4) is 0 Å². The molecule has 106 valence electrons. The fraction of sp³-hybridized carbons (Fsp3) is 0.667. The number of guanidine groups is 1. The number of nitrogens with zero attached hydrogens (tertiary/aromatic N) is 2. The molecule has 0 bridgehead atoms. The van der Waals surface area contributed by atoms with Crippen molar-refractivity contribution in [2.24, 2.45) is 10.7 Å². The van der Waals surface area contributed by atoms with E-state index in [4.69, 9.17) is 5.73 Å². The molecule has 0 unspecified atom stereocenters. The maximum Gasteiger partial charge on any atom is 0.191 e. The SMILES string of the molecule is CC(C)(CN=C(N)N1CCCCCC1)c1cccs1. The molecule has 1 aliphatic rings. The summed E-state index contributed by atoms with van der Waals surface area (Å²) in [5, 5.41) is 2.12. The van der Waals surface area contributed by atoms with E-state index in [1.807, 2.05) is 0 Å². The highest BCUT2D eigenvalue weighted by atomic mass is 32.1. The summed E-state index contributed by atoms with van der Waals surface area (Å²) in [6, 6.07) is 4.28. The molecule has 1 saturated heterocycles.